The Morgan fingerprint density at radius 2 is 2.30 bits per heavy atom. The van der Waals surface area contributed by atoms with E-state index in [-0.39, 0.29) is 6.61 Å². The molecule has 1 aliphatic heterocycles. The molecule has 1 aromatic heterocycles. The van der Waals surface area contributed by atoms with Gasteiger partial charge in [0.05, 0.1) is 5.57 Å². The number of ether oxygens (including phenoxy) is 1. The van der Waals surface area contributed by atoms with Gasteiger partial charge in [0.15, 0.2) is 0 Å². The average Bonchev–Trinajstić information content (AvgIpc) is 3.00. The monoisotopic (exact) mass is 330 g/mol. The molecule has 3 rings (SSSR count). The molecule has 1 N–H and O–H groups in total. The molecule has 0 aliphatic carbocycles. The highest BCUT2D eigenvalue weighted by molar-refractivity contribution is 6.31. The van der Waals surface area contributed by atoms with Gasteiger partial charge in [-0.3, -0.25) is 0 Å². The van der Waals surface area contributed by atoms with E-state index in [0.29, 0.717) is 22.2 Å². The van der Waals surface area contributed by atoms with Crippen molar-refractivity contribution in [1.29, 1.82) is 0 Å². The molecule has 7 heteroatoms. The van der Waals surface area contributed by atoms with Crippen molar-refractivity contribution in [3.8, 4) is 0 Å². The van der Waals surface area contributed by atoms with Crippen LogP contribution in [0.3, 0.4) is 0 Å². The third kappa shape index (κ3) is 2.73. The Labute approximate surface area is 138 Å². The second-order valence-electron chi connectivity index (χ2n) is 5.00. The van der Waals surface area contributed by atoms with Gasteiger partial charge < -0.3 is 10.1 Å². The Morgan fingerprint density at radius 3 is 3.04 bits per heavy atom. The molecule has 0 spiro atoms. The number of hydrogen-bond donors (Lipinski definition) is 1. The molecule has 1 atom stereocenters. The van der Waals surface area contributed by atoms with Crippen LogP contribution in [-0.4, -0.2) is 27.3 Å². The van der Waals surface area contributed by atoms with E-state index < -0.39 is 12.0 Å². The number of nitrogens with zero attached hydrogens (tertiary/aromatic N) is 3. The van der Waals surface area contributed by atoms with E-state index in [4.69, 9.17) is 16.3 Å². The summed E-state index contributed by atoms with van der Waals surface area (Å²) >= 11 is 6.34. The van der Waals surface area contributed by atoms with Crippen molar-refractivity contribution in [3.05, 3.63) is 65.1 Å². The molecule has 1 aromatic carbocycles. The van der Waals surface area contributed by atoms with Crippen molar-refractivity contribution in [2.75, 3.05) is 11.9 Å². The molecule has 1 unspecified atom stereocenters. The first-order chi connectivity index (χ1) is 11.1. The number of carbonyl (C=O) groups is 1. The van der Waals surface area contributed by atoms with Gasteiger partial charge in [-0.2, -0.15) is 10.1 Å². The lowest BCUT2D eigenvalue weighted by molar-refractivity contribution is -0.138. The van der Waals surface area contributed by atoms with Crippen molar-refractivity contribution < 1.29 is 9.53 Å². The third-order valence-corrected chi connectivity index (χ3v) is 3.89. The Bertz CT molecular complexity index is 797. The van der Waals surface area contributed by atoms with Gasteiger partial charge in [0.2, 0.25) is 5.95 Å². The van der Waals surface area contributed by atoms with Gasteiger partial charge in [-0.05, 0) is 13.0 Å². The molecular formula is C16H15ClN4O2. The van der Waals surface area contributed by atoms with E-state index in [9.17, 15) is 4.79 Å². The lowest BCUT2D eigenvalue weighted by atomic mass is 9.96. The minimum atomic E-state index is -0.500. The van der Waals surface area contributed by atoms with E-state index in [1.54, 1.807) is 17.7 Å². The van der Waals surface area contributed by atoms with Gasteiger partial charge in [0.1, 0.15) is 19.0 Å². The fourth-order valence-electron chi connectivity index (χ4n) is 2.55. The molecular weight excluding hydrogens is 316 g/mol. The first-order valence-corrected chi connectivity index (χ1v) is 7.41. The predicted octanol–water partition coefficient (Wildman–Crippen LogP) is 2.95. The van der Waals surface area contributed by atoms with E-state index >= 15 is 0 Å². The summed E-state index contributed by atoms with van der Waals surface area (Å²) in [5, 5.41) is 7.84. The maximum Gasteiger partial charge on any atom is 0.338 e. The second kappa shape index (κ2) is 6.26. The van der Waals surface area contributed by atoms with Crippen LogP contribution < -0.4 is 5.32 Å². The van der Waals surface area contributed by atoms with Gasteiger partial charge in [0, 0.05) is 16.3 Å². The van der Waals surface area contributed by atoms with Crippen LogP contribution >= 0.6 is 11.6 Å². The van der Waals surface area contributed by atoms with E-state index in [0.717, 1.165) is 5.56 Å². The summed E-state index contributed by atoms with van der Waals surface area (Å²) in [5.74, 6) is 0.105. The number of esters is 1. The van der Waals surface area contributed by atoms with Gasteiger partial charge in [-0.25, -0.2) is 9.48 Å². The highest BCUT2D eigenvalue weighted by Gasteiger charge is 2.35. The molecule has 1 aliphatic rings. The van der Waals surface area contributed by atoms with Crippen LogP contribution in [0.1, 0.15) is 18.5 Å². The molecule has 0 saturated carbocycles. The average molecular weight is 331 g/mol. The van der Waals surface area contributed by atoms with Crippen LogP contribution in [0.5, 0.6) is 0 Å². The van der Waals surface area contributed by atoms with Crippen LogP contribution in [-0.2, 0) is 9.53 Å². The lowest BCUT2D eigenvalue weighted by Crippen LogP contribution is -2.29. The SMILES string of the molecule is C=CCOC(=O)C1=C(C)Nc2ncnn2C1c1ccccc1Cl. The molecule has 0 radical (unpaired) electrons. The number of rotatable bonds is 4. The zero-order valence-corrected chi connectivity index (χ0v) is 13.2. The summed E-state index contributed by atoms with van der Waals surface area (Å²) in [6, 6.07) is 6.83. The van der Waals surface area contributed by atoms with Gasteiger partial charge in [0.25, 0.3) is 0 Å². The van der Waals surface area contributed by atoms with Gasteiger partial charge >= 0.3 is 5.97 Å². The number of carbonyl (C=O) groups excluding carboxylic acids is 1. The van der Waals surface area contributed by atoms with Crippen LogP contribution in [0, 0.1) is 0 Å². The Kier molecular flexibility index (Phi) is 4.16. The van der Waals surface area contributed by atoms with Crippen LogP contribution in [0.4, 0.5) is 5.95 Å². The Morgan fingerprint density at radius 1 is 1.52 bits per heavy atom. The smallest absolute Gasteiger partial charge is 0.338 e. The number of fused-ring (bicyclic) bond motifs is 1. The fraction of sp³-hybridized carbons (Fsp3) is 0.188. The predicted molar refractivity (Wildman–Crippen MR) is 87.1 cm³/mol. The molecule has 2 heterocycles. The van der Waals surface area contributed by atoms with E-state index in [1.165, 1.54) is 12.4 Å². The second-order valence-corrected chi connectivity index (χ2v) is 5.41. The molecule has 0 bridgehead atoms. The number of hydrogen-bond acceptors (Lipinski definition) is 5. The number of aromatic nitrogens is 3. The summed E-state index contributed by atoms with van der Waals surface area (Å²) in [6.07, 6.45) is 2.95. The van der Waals surface area contributed by atoms with Gasteiger partial charge in [-0.1, -0.05) is 42.5 Å². The summed E-state index contributed by atoms with van der Waals surface area (Å²) in [6.45, 7) is 5.49. The zero-order chi connectivity index (χ0) is 16.4. The zero-order valence-electron chi connectivity index (χ0n) is 12.5. The summed E-state index contributed by atoms with van der Waals surface area (Å²) in [5.41, 5.74) is 1.86. The largest absolute Gasteiger partial charge is 0.458 e. The van der Waals surface area contributed by atoms with Crippen molar-refractivity contribution in [1.82, 2.24) is 14.8 Å². The molecule has 0 saturated heterocycles. The normalized spacial score (nSPS) is 16.5. The fourth-order valence-corrected chi connectivity index (χ4v) is 2.79. The maximum atomic E-state index is 12.5. The molecule has 118 valence electrons. The third-order valence-electron chi connectivity index (χ3n) is 3.55. The standard InChI is InChI=1S/C16H15ClN4O2/c1-3-8-23-15(22)13-10(2)20-16-18-9-19-21(16)14(13)11-6-4-5-7-12(11)17/h3-7,9,14H,1,8H2,2H3,(H,18,19,20). The van der Waals surface area contributed by atoms with Crippen molar-refractivity contribution >= 4 is 23.5 Å². The maximum absolute atomic E-state index is 12.5. The van der Waals surface area contributed by atoms with Gasteiger partial charge in [-0.15, -0.1) is 0 Å². The number of nitrogens with one attached hydrogen (secondary N) is 1. The highest BCUT2D eigenvalue weighted by Crippen LogP contribution is 2.37. The molecule has 0 amide bonds. The minimum Gasteiger partial charge on any atom is -0.458 e. The molecule has 23 heavy (non-hydrogen) atoms. The number of benzene rings is 1. The first-order valence-electron chi connectivity index (χ1n) is 7.03. The van der Waals surface area contributed by atoms with Crippen LogP contribution in [0.25, 0.3) is 0 Å². The van der Waals surface area contributed by atoms with Crippen molar-refractivity contribution in [3.63, 3.8) is 0 Å². The van der Waals surface area contributed by atoms with Crippen molar-refractivity contribution in [2.45, 2.75) is 13.0 Å². The lowest BCUT2D eigenvalue weighted by Gasteiger charge is -2.28. The summed E-state index contributed by atoms with van der Waals surface area (Å²) in [7, 11) is 0. The molecule has 2 aromatic rings. The topological polar surface area (TPSA) is 69.0 Å². The van der Waals surface area contributed by atoms with E-state index in [2.05, 4.69) is 22.0 Å². The van der Waals surface area contributed by atoms with Crippen LogP contribution in [0.15, 0.2) is 54.5 Å². The highest BCUT2D eigenvalue weighted by atomic mass is 35.5. The molecule has 6 nitrogen and oxygen atoms in total. The quantitative estimate of drug-likeness (QED) is 0.689. The minimum absolute atomic E-state index is 0.134. The number of allylic oxidation sites excluding steroid dienone is 1. The summed E-state index contributed by atoms with van der Waals surface area (Å²) < 4.78 is 6.85. The summed E-state index contributed by atoms with van der Waals surface area (Å²) in [4.78, 5) is 16.7. The van der Waals surface area contributed by atoms with E-state index in [1.807, 2.05) is 18.2 Å². The molecule has 0 fully saturated rings. The number of anilines is 1. The van der Waals surface area contributed by atoms with Crippen LogP contribution in [0.2, 0.25) is 5.02 Å². The first kappa shape index (κ1) is 15.3. The Balaban J connectivity index is 2.13. The Hall–Kier alpha value is -2.60. The van der Waals surface area contributed by atoms with Crippen molar-refractivity contribution in [2.24, 2.45) is 0 Å². The number of halogens is 1.